The Kier molecular flexibility index (Phi) is 10.8. The highest BCUT2D eigenvalue weighted by Crippen LogP contribution is 2.29. The summed E-state index contributed by atoms with van der Waals surface area (Å²) in [6.07, 6.45) is 2.07. The van der Waals surface area contributed by atoms with Gasteiger partial charge in [-0.3, -0.25) is 10.4 Å². The summed E-state index contributed by atoms with van der Waals surface area (Å²) in [5, 5.41) is 18.2. The van der Waals surface area contributed by atoms with Crippen LogP contribution >= 0.6 is 0 Å². The lowest BCUT2D eigenvalue weighted by molar-refractivity contribution is -0.0901. The molecule has 1 aliphatic heterocycles. The van der Waals surface area contributed by atoms with Crippen LogP contribution in [-0.2, 0) is 15.8 Å². The second-order valence-corrected chi connectivity index (χ2v) is 11.9. The van der Waals surface area contributed by atoms with Gasteiger partial charge in [0.15, 0.2) is 17.4 Å². The summed E-state index contributed by atoms with van der Waals surface area (Å²) >= 11 is 0. The SMILES string of the molecule is [B]Cc1ccc(OC(C)=N)c(OCC2CN(CCC(C)(C)OCCC(C)(C)OCC(C)(C)C)N=N2)c1. The van der Waals surface area contributed by atoms with Crippen LogP contribution in [0.25, 0.3) is 0 Å². The smallest absolute Gasteiger partial charge is 0.184 e. The number of rotatable bonds is 14. The first kappa shape index (κ1) is 30.1. The average molecular weight is 500 g/mol. The molecule has 1 N–H and O–H groups in total. The van der Waals surface area contributed by atoms with Crippen LogP contribution in [0.1, 0.15) is 73.8 Å². The molecule has 1 unspecified atom stereocenters. The normalized spacial score (nSPS) is 16.4. The van der Waals surface area contributed by atoms with Gasteiger partial charge in [0.05, 0.1) is 38.8 Å². The molecule has 0 saturated heterocycles. The van der Waals surface area contributed by atoms with Gasteiger partial charge < -0.3 is 18.9 Å². The highest BCUT2D eigenvalue weighted by molar-refractivity contribution is 6.08. The van der Waals surface area contributed by atoms with Gasteiger partial charge in [-0.05, 0) is 58.1 Å². The molecule has 0 bridgehead atoms. The van der Waals surface area contributed by atoms with E-state index >= 15 is 0 Å². The van der Waals surface area contributed by atoms with Gasteiger partial charge in [0, 0.05) is 13.5 Å². The lowest BCUT2D eigenvalue weighted by atomic mass is 9.97. The van der Waals surface area contributed by atoms with Crippen LogP contribution in [0.15, 0.2) is 28.5 Å². The first-order chi connectivity index (χ1) is 16.7. The number of benzene rings is 1. The second kappa shape index (κ2) is 12.9. The molecule has 36 heavy (non-hydrogen) atoms. The molecule has 1 atom stereocenters. The summed E-state index contributed by atoms with van der Waals surface area (Å²) in [6.45, 7) is 19.8. The molecule has 0 fully saturated rings. The fraction of sp³-hybridized carbons (Fsp3) is 0.741. The minimum Gasteiger partial charge on any atom is -0.487 e. The summed E-state index contributed by atoms with van der Waals surface area (Å²) in [5.41, 5.74) is 0.588. The van der Waals surface area contributed by atoms with E-state index in [-0.39, 0.29) is 28.6 Å². The molecule has 1 aromatic carbocycles. The lowest BCUT2D eigenvalue weighted by Crippen LogP contribution is -2.35. The number of hydrogen-bond donors (Lipinski definition) is 1. The van der Waals surface area contributed by atoms with Crippen molar-refractivity contribution < 1.29 is 18.9 Å². The van der Waals surface area contributed by atoms with Crippen molar-refractivity contribution in [1.29, 1.82) is 5.41 Å². The van der Waals surface area contributed by atoms with Crippen LogP contribution in [0, 0.1) is 10.8 Å². The minimum absolute atomic E-state index is 0.0785. The Balaban J connectivity index is 1.75. The Morgan fingerprint density at radius 1 is 1.06 bits per heavy atom. The van der Waals surface area contributed by atoms with Gasteiger partial charge in [0.2, 0.25) is 0 Å². The molecule has 0 saturated carbocycles. The molecular weight excluding hydrogens is 455 g/mol. The Morgan fingerprint density at radius 2 is 1.75 bits per heavy atom. The predicted molar refractivity (Wildman–Crippen MR) is 144 cm³/mol. The number of ether oxygens (including phenoxy) is 4. The molecule has 2 rings (SSSR count). The Hall–Kier alpha value is -2.13. The van der Waals surface area contributed by atoms with Crippen molar-refractivity contribution in [2.45, 2.75) is 91.8 Å². The highest BCUT2D eigenvalue weighted by atomic mass is 16.5. The molecule has 0 spiro atoms. The zero-order valence-corrected chi connectivity index (χ0v) is 23.5. The molecule has 1 aromatic rings. The van der Waals surface area contributed by atoms with E-state index in [1.807, 2.05) is 17.1 Å². The number of hydrogen-bond acceptors (Lipinski definition) is 8. The van der Waals surface area contributed by atoms with Crippen LogP contribution in [0.5, 0.6) is 11.5 Å². The van der Waals surface area contributed by atoms with Gasteiger partial charge >= 0.3 is 0 Å². The van der Waals surface area contributed by atoms with Gasteiger partial charge in [0.25, 0.3) is 0 Å². The number of nitrogens with one attached hydrogen (secondary N) is 1. The van der Waals surface area contributed by atoms with E-state index < -0.39 is 0 Å². The van der Waals surface area contributed by atoms with Crippen molar-refractivity contribution in [3.8, 4) is 11.5 Å². The first-order valence-corrected chi connectivity index (χ1v) is 12.8. The van der Waals surface area contributed by atoms with Crippen molar-refractivity contribution in [2.24, 2.45) is 15.8 Å². The highest BCUT2D eigenvalue weighted by Gasteiger charge is 2.27. The van der Waals surface area contributed by atoms with Crippen LogP contribution in [0.2, 0.25) is 0 Å². The van der Waals surface area contributed by atoms with Crippen molar-refractivity contribution >= 4 is 13.7 Å². The zero-order valence-electron chi connectivity index (χ0n) is 23.5. The Bertz CT molecular complexity index is 883. The molecule has 0 amide bonds. The monoisotopic (exact) mass is 500 g/mol. The van der Waals surface area contributed by atoms with Crippen LogP contribution in [0.3, 0.4) is 0 Å². The van der Waals surface area contributed by atoms with Crippen LogP contribution in [0.4, 0.5) is 0 Å². The van der Waals surface area contributed by atoms with E-state index in [1.165, 1.54) is 0 Å². The summed E-state index contributed by atoms with van der Waals surface area (Å²) < 4.78 is 23.8. The molecule has 0 aliphatic carbocycles. The quantitative estimate of drug-likeness (QED) is 0.205. The third-order valence-corrected chi connectivity index (χ3v) is 5.77. The van der Waals surface area contributed by atoms with Gasteiger partial charge in [-0.15, -0.1) is 0 Å². The molecule has 9 heteroatoms. The molecule has 1 aliphatic rings. The zero-order chi connectivity index (χ0) is 27.0. The van der Waals surface area contributed by atoms with E-state index in [0.717, 1.165) is 31.6 Å². The van der Waals surface area contributed by atoms with Crippen LogP contribution < -0.4 is 9.47 Å². The molecule has 200 valence electrons. The fourth-order valence-electron chi connectivity index (χ4n) is 3.44. The molecular formula is C27H45BN4O4. The topological polar surface area (TPSA) is 88.7 Å². The Labute approximate surface area is 219 Å². The lowest BCUT2D eigenvalue weighted by Gasteiger charge is -2.32. The van der Waals surface area contributed by atoms with Gasteiger partial charge in [0.1, 0.15) is 12.6 Å². The third kappa shape index (κ3) is 11.3. The molecule has 8 nitrogen and oxygen atoms in total. The summed E-state index contributed by atoms with van der Waals surface area (Å²) in [7, 11) is 5.76. The first-order valence-electron chi connectivity index (χ1n) is 12.8. The van der Waals surface area contributed by atoms with E-state index in [1.54, 1.807) is 13.0 Å². The maximum atomic E-state index is 7.60. The third-order valence-electron chi connectivity index (χ3n) is 5.77. The van der Waals surface area contributed by atoms with Crippen molar-refractivity contribution in [2.75, 3.05) is 32.9 Å². The molecule has 0 aromatic heterocycles. The predicted octanol–water partition coefficient (Wildman–Crippen LogP) is 5.58. The number of nitrogens with zero attached hydrogens (tertiary/aromatic N) is 3. The van der Waals surface area contributed by atoms with E-state index in [0.29, 0.717) is 37.6 Å². The average Bonchev–Trinajstić information content (AvgIpc) is 3.23. The Morgan fingerprint density at radius 3 is 2.39 bits per heavy atom. The van der Waals surface area contributed by atoms with Gasteiger partial charge in [-0.25, -0.2) is 0 Å². The summed E-state index contributed by atoms with van der Waals surface area (Å²) in [6, 6.07) is 5.41. The maximum Gasteiger partial charge on any atom is 0.184 e. The standard InChI is InChI=1S/C27H45BN4O4/c1-20(29)36-23-10-9-21(16-28)15-24(23)33-18-22-17-32(31-30-22)13-11-26(5,6)34-14-12-27(7,8)35-19-25(2,3)4/h9-10,15,22,29H,11-14,16-19H2,1-8H3. The van der Waals surface area contributed by atoms with E-state index in [9.17, 15) is 0 Å². The van der Waals surface area contributed by atoms with E-state index in [4.69, 9.17) is 32.2 Å². The largest absolute Gasteiger partial charge is 0.487 e. The second-order valence-electron chi connectivity index (χ2n) is 11.9. The summed E-state index contributed by atoms with van der Waals surface area (Å²) in [5.74, 6) is 1.15. The minimum atomic E-state index is -0.274. The maximum absolute atomic E-state index is 7.60. The van der Waals surface area contributed by atoms with Crippen molar-refractivity contribution in [3.63, 3.8) is 0 Å². The van der Waals surface area contributed by atoms with Crippen molar-refractivity contribution in [1.82, 2.24) is 5.01 Å². The van der Waals surface area contributed by atoms with Crippen molar-refractivity contribution in [3.05, 3.63) is 23.8 Å². The fourth-order valence-corrected chi connectivity index (χ4v) is 3.44. The van der Waals surface area contributed by atoms with Gasteiger partial charge in [-0.2, -0.15) is 5.11 Å². The molecule has 1 heterocycles. The summed E-state index contributed by atoms with van der Waals surface area (Å²) in [4.78, 5) is 0. The molecule has 2 radical (unpaired) electrons. The van der Waals surface area contributed by atoms with Gasteiger partial charge in [-0.1, -0.05) is 43.9 Å². The van der Waals surface area contributed by atoms with E-state index in [2.05, 4.69) is 58.8 Å². The van der Waals surface area contributed by atoms with Crippen LogP contribution in [-0.4, -0.2) is 68.9 Å².